The number of methoxy groups -OCH3 is 1. The summed E-state index contributed by atoms with van der Waals surface area (Å²) in [4.78, 5) is 14.0. The summed E-state index contributed by atoms with van der Waals surface area (Å²) in [5, 5.41) is 2.85. The van der Waals surface area contributed by atoms with E-state index < -0.39 is 0 Å². The zero-order valence-electron chi connectivity index (χ0n) is 13.4. The second-order valence-corrected chi connectivity index (χ2v) is 4.82. The van der Waals surface area contributed by atoms with Crippen molar-refractivity contribution in [3.63, 3.8) is 0 Å². The summed E-state index contributed by atoms with van der Waals surface area (Å²) in [6.07, 6.45) is 0. The minimum Gasteiger partial charge on any atom is -0.493 e. The van der Waals surface area contributed by atoms with Gasteiger partial charge in [-0.05, 0) is 37.7 Å². The number of benzene rings is 1. The molecule has 0 aromatic heterocycles. The van der Waals surface area contributed by atoms with E-state index in [0.717, 1.165) is 25.2 Å². The molecule has 1 aromatic carbocycles. The highest BCUT2D eigenvalue weighted by Gasteiger charge is 2.08. The Morgan fingerprint density at radius 1 is 1.24 bits per heavy atom. The number of nitrogens with one attached hydrogen (secondary N) is 1. The molecule has 0 aliphatic carbocycles. The van der Waals surface area contributed by atoms with E-state index in [1.165, 1.54) is 0 Å². The average molecular weight is 294 g/mol. The molecule has 118 valence electrons. The van der Waals surface area contributed by atoms with E-state index in [0.29, 0.717) is 18.0 Å². The molecule has 1 N–H and O–H groups in total. The van der Waals surface area contributed by atoms with Crippen LogP contribution in [0.1, 0.15) is 19.4 Å². The number of carbonyl (C=O) groups excluding carboxylic acids is 1. The van der Waals surface area contributed by atoms with Gasteiger partial charge in [-0.1, -0.05) is 19.9 Å². The quantitative estimate of drug-likeness (QED) is 0.755. The molecule has 0 unspecified atom stereocenters. The van der Waals surface area contributed by atoms with Crippen LogP contribution in [0.25, 0.3) is 0 Å². The summed E-state index contributed by atoms with van der Waals surface area (Å²) in [6, 6.07) is 5.63. The lowest BCUT2D eigenvalue weighted by Gasteiger charge is -2.18. The van der Waals surface area contributed by atoms with E-state index >= 15 is 0 Å². The van der Waals surface area contributed by atoms with Crippen LogP contribution in [0.15, 0.2) is 18.2 Å². The number of aryl methyl sites for hydroxylation is 1. The largest absolute Gasteiger partial charge is 0.493 e. The number of hydrogen-bond donors (Lipinski definition) is 1. The van der Waals surface area contributed by atoms with Crippen LogP contribution in [-0.4, -0.2) is 50.7 Å². The molecular formula is C16H26N2O3. The first-order chi connectivity index (χ1) is 10.1. The predicted molar refractivity (Wildman–Crippen MR) is 84.0 cm³/mol. The van der Waals surface area contributed by atoms with Gasteiger partial charge in [0.1, 0.15) is 0 Å². The second kappa shape index (κ2) is 9.23. The molecule has 0 fully saturated rings. The molecule has 0 atom stereocenters. The van der Waals surface area contributed by atoms with Crippen molar-refractivity contribution in [3.05, 3.63) is 23.8 Å². The lowest BCUT2D eigenvalue weighted by molar-refractivity contribution is -0.123. The van der Waals surface area contributed by atoms with Crippen molar-refractivity contribution >= 4 is 5.91 Å². The molecule has 0 heterocycles. The summed E-state index contributed by atoms with van der Waals surface area (Å²) in [6.45, 7) is 9.66. The summed E-state index contributed by atoms with van der Waals surface area (Å²) in [5.41, 5.74) is 1.09. The molecule has 5 heteroatoms. The van der Waals surface area contributed by atoms with Crippen LogP contribution in [-0.2, 0) is 4.79 Å². The molecule has 0 aliphatic heterocycles. The molecule has 21 heavy (non-hydrogen) atoms. The lowest BCUT2D eigenvalue weighted by Crippen LogP contribution is -2.36. The van der Waals surface area contributed by atoms with Gasteiger partial charge in [0.05, 0.1) is 7.11 Å². The highest BCUT2D eigenvalue weighted by atomic mass is 16.5. The van der Waals surface area contributed by atoms with Crippen LogP contribution < -0.4 is 14.8 Å². The first kappa shape index (κ1) is 17.3. The van der Waals surface area contributed by atoms with Crippen molar-refractivity contribution in [1.82, 2.24) is 10.2 Å². The van der Waals surface area contributed by atoms with E-state index in [1.54, 1.807) is 7.11 Å². The van der Waals surface area contributed by atoms with Crippen molar-refractivity contribution in [3.8, 4) is 11.5 Å². The van der Waals surface area contributed by atoms with Gasteiger partial charge in [0.15, 0.2) is 18.1 Å². The van der Waals surface area contributed by atoms with Crippen LogP contribution in [0, 0.1) is 6.92 Å². The first-order valence-corrected chi connectivity index (χ1v) is 7.37. The second-order valence-electron chi connectivity index (χ2n) is 4.82. The number of ether oxygens (including phenoxy) is 2. The highest BCUT2D eigenvalue weighted by Crippen LogP contribution is 2.27. The Hall–Kier alpha value is -1.75. The van der Waals surface area contributed by atoms with Crippen LogP contribution in [0.2, 0.25) is 0 Å². The molecule has 0 saturated carbocycles. The topological polar surface area (TPSA) is 50.8 Å². The van der Waals surface area contributed by atoms with Gasteiger partial charge in [0.25, 0.3) is 5.91 Å². The summed E-state index contributed by atoms with van der Waals surface area (Å²) < 4.78 is 10.7. The molecule has 0 radical (unpaired) electrons. The number of rotatable bonds is 9. The zero-order chi connectivity index (χ0) is 15.7. The third-order valence-corrected chi connectivity index (χ3v) is 3.32. The molecule has 0 spiro atoms. The van der Waals surface area contributed by atoms with Crippen LogP contribution >= 0.6 is 0 Å². The highest BCUT2D eigenvalue weighted by molar-refractivity contribution is 5.77. The average Bonchev–Trinajstić information content (AvgIpc) is 2.50. The van der Waals surface area contributed by atoms with E-state index in [9.17, 15) is 4.79 Å². The Morgan fingerprint density at radius 2 is 1.95 bits per heavy atom. The fourth-order valence-corrected chi connectivity index (χ4v) is 1.98. The monoisotopic (exact) mass is 294 g/mol. The van der Waals surface area contributed by atoms with Crippen LogP contribution in [0.5, 0.6) is 11.5 Å². The molecule has 1 rings (SSSR count). The standard InChI is InChI=1S/C16H26N2O3/c1-5-18(6-2)10-9-17-16(19)12-21-14-8-7-13(3)11-15(14)20-4/h7-8,11H,5-6,9-10,12H2,1-4H3,(H,17,19). The normalized spacial score (nSPS) is 10.5. The van der Waals surface area contributed by atoms with Crippen molar-refractivity contribution < 1.29 is 14.3 Å². The third kappa shape index (κ3) is 6.04. The summed E-state index contributed by atoms with van der Waals surface area (Å²) in [7, 11) is 1.59. The summed E-state index contributed by atoms with van der Waals surface area (Å²) >= 11 is 0. The molecule has 1 aromatic rings. The maximum atomic E-state index is 11.7. The molecule has 1 amide bonds. The third-order valence-electron chi connectivity index (χ3n) is 3.32. The maximum absolute atomic E-state index is 11.7. The van der Waals surface area contributed by atoms with Crippen molar-refractivity contribution in [1.29, 1.82) is 0 Å². The minimum absolute atomic E-state index is 0.00231. The van der Waals surface area contributed by atoms with Gasteiger partial charge >= 0.3 is 0 Å². The zero-order valence-corrected chi connectivity index (χ0v) is 13.4. The van der Waals surface area contributed by atoms with Crippen molar-refractivity contribution in [2.75, 3.05) is 39.9 Å². The Kier molecular flexibility index (Phi) is 7.61. The number of amides is 1. The number of likely N-dealkylation sites (N-methyl/N-ethyl adjacent to an activating group) is 1. The summed E-state index contributed by atoms with van der Waals surface area (Å²) in [5.74, 6) is 1.11. The minimum atomic E-state index is -0.121. The van der Waals surface area contributed by atoms with Crippen molar-refractivity contribution in [2.45, 2.75) is 20.8 Å². The van der Waals surface area contributed by atoms with Crippen LogP contribution in [0.3, 0.4) is 0 Å². The number of hydrogen-bond acceptors (Lipinski definition) is 4. The Morgan fingerprint density at radius 3 is 2.57 bits per heavy atom. The van der Waals surface area contributed by atoms with Gasteiger partial charge in [-0.25, -0.2) is 0 Å². The van der Waals surface area contributed by atoms with Gasteiger partial charge in [-0.2, -0.15) is 0 Å². The van der Waals surface area contributed by atoms with Gasteiger partial charge in [-0.3, -0.25) is 4.79 Å². The Balaban J connectivity index is 2.36. The molecule has 0 aliphatic rings. The van der Waals surface area contributed by atoms with E-state index in [1.807, 2.05) is 25.1 Å². The molecule has 0 saturated heterocycles. The SMILES string of the molecule is CCN(CC)CCNC(=O)COc1ccc(C)cc1OC. The van der Waals surface area contributed by atoms with Gasteiger partial charge in [0.2, 0.25) is 0 Å². The van der Waals surface area contributed by atoms with E-state index in [4.69, 9.17) is 9.47 Å². The fourth-order valence-electron chi connectivity index (χ4n) is 1.98. The molecular weight excluding hydrogens is 268 g/mol. The van der Waals surface area contributed by atoms with Gasteiger partial charge in [0, 0.05) is 13.1 Å². The van der Waals surface area contributed by atoms with Crippen molar-refractivity contribution in [2.24, 2.45) is 0 Å². The Bertz CT molecular complexity index is 445. The number of carbonyl (C=O) groups is 1. The smallest absolute Gasteiger partial charge is 0.257 e. The fraction of sp³-hybridized carbons (Fsp3) is 0.562. The molecule has 0 bridgehead atoms. The Labute approximate surface area is 127 Å². The van der Waals surface area contributed by atoms with Gasteiger partial charge < -0.3 is 19.7 Å². The van der Waals surface area contributed by atoms with Crippen LogP contribution in [0.4, 0.5) is 0 Å². The predicted octanol–water partition coefficient (Wildman–Crippen LogP) is 1.84. The molecule has 5 nitrogen and oxygen atoms in total. The van der Waals surface area contributed by atoms with E-state index in [-0.39, 0.29) is 12.5 Å². The number of nitrogens with zero attached hydrogens (tertiary/aromatic N) is 1. The van der Waals surface area contributed by atoms with Gasteiger partial charge in [-0.15, -0.1) is 0 Å². The van der Waals surface area contributed by atoms with E-state index in [2.05, 4.69) is 24.1 Å². The first-order valence-electron chi connectivity index (χ1n) is 7.37. The maximum Gasteiger partial charge on any atom is 0.257 e. The lowest BCUT2D eigenvalue weighted by atomic mass is 10.2.